The van der Waals surface area contributed by atoms with Gasteiger partial charge in [-0.3, -0.25) is 0 Å². The molecule has 2 aromatic rings. The number of thiophene rings is 2. The van der Waals surface area contributed by atoms with Crippen LogP contribution in [-0.4, -0.2) is 30.9 Å². The minimum atomic E-state index is -5.51. The second-order valence-corrected chi connectivity index (χ2v) is 12.6. The van der Waals surface area contributed by atoms with Gasteiger partial charge in [0.15, 0.2) is 0 Å². The summed E-state index contributed by atoms with van der Waals surface area (Å²) in [6.07, 6.45) is 6.53. The minimum Gasteiger partial charge on any atom is -0.317 e. The number of hydrogen-bond donors (Lipinski definition) is 1. The number of alkyl halides is 6. The Morgan fingerprint density at radius 2 is 1.11 bits per heavy atom. The highest BCUT2D eigenvalue weighted by atomic mass is 32.1. The quantitative estimate of drug-likeness (QED) is 0.388. The van der Waals surface area contributed by atoms with Gasteiger partial charge in [-0.05, 0) is 87.7 Å². The number of piperidine rings is 1. The fourth-order valence-electron chi connectivity index (χ4n) is 5.84. The lowest BCUT2D eigenvalue weighted by molar-refractivity contribution is -0.254. The molecule has 2 fully saturated rings. The number of rotatable bonds is 4. The molecule has 2 aliphatic carbocycles. The first kappa shape index (κ1) is 25.3. The van der Waals surface area contributed by atoms with Crippen molar-refractivity contribution in [1.82, 2.24) is 5.32 Å². The molecule has 9 heteroatoms. The summed E-state index contributed by atoms with van der Waals surface area (Å²) in [7, 11) is 0. The second kappa shape index (κ2) is 8.91. The van der Waals surface area contributed by atoms with Gasteiger partial charge in [-0.2, -0.15) is 26.3 Å². The zero-order valence-electron chi connectivity index (χ0n) is 19.8. The normalized spacial score (nSPS) is 24.9. The third kappa shape index (κ3) is 3.91. The number of aryl methyl sites for hydroxylation is 2. The van der Waals surface area contributed by atoms with Crippen LogP contribution in [0.25, 0.3) is 11.1 Å². The molecule has 0 unspecified atom stereocenters. The van der Waals surface area contributed by atoms with Crippen molar-refractivity contribution >= 4 is 33.8 Å². The lowest BCUT2D eigenvalue weighted by Crippen LogP contribution is -2.48. The fraction of sp³-hybridized carbons (Fsp3) is 0.615. The van der Waals surface area contributed by atoms with Crippen LogP contribution >= 0.6 is 22.7 Å². The Labute approximate surface area is 209 Å². The van der Waals surface area contributed by atoms with Crippen molar-refractivity contribution in [3.8, 4) is 0 Å². The van der Waals surface area contributed by atoms with E-state index in [1.807, 2.05) is 0 Å². The standard InChI is InChI=1S/C26H29F6NS2/c1-14-18(12-20(34-14)16-6-4-3-5-7-16)22-23(25(29,30)26(31,32)24(22,27)28)19-13-21(35-15(19)2)17-8-10-33-11-9-17/h12-13,16-17,33H,3-11H2,1-2H3. The molecule has 0 bridgehead atoms. The van der Waals surface area contributed by atoms with Gasteiger partial charge in [-0.15, -0.1) is 22.7 Å². The molecule has 3 heterocycles. The Morgan fingerprint density at radius 1 is 0.686 bits per heavy atom. The van der Waals surface area contributed by atoms with E-state index in [2.05, 4.69) is 5.32 Å². The molecule has 1 saturated heterocycles. The zero-order valence-corrected chi connectivity index (χ0v) is 21.4. The Bertz CT molecular complexity index is 1050. The van der Waals surface area contributed by atoms with Crippen LogP contribution < -0.4 is 5.32 Å². The largest absolute Gasteiger partial charge is 0.380 e. The first-order chi connectivity index (χ1) is 16.5. The molecule has 5 rings (SSSR count). The fourth-order valence-corrected chi connectivity index (χ4v) is 8.24. The van der Waals surface area contributed by atoms with Crippen LogP contribution in [0.15, 0.2) is 12.1 Å². The molecule has 0 aromatic carbocycles. The average Bonchev–Trinajstić information content (AvgIpc) is 3.42. The van der Waals surface area contributed by atoms with E-state index >= 15 is 17.6 Å². The van der Waals surface area contributed by atoms with Gasteiger partial charge < -0.3 is 5.32 Å². The number of halogens is 6. The van der Waals surface area contributed by atoms with Crippen LogP contribution in [0.1, 0.15) is 87.4 Å². The Hall–Kier alpha value is -1.32. The maximum atomic E-state index is 15.3. The molecule has 0 radical (unpaired) electrons. The monoisotopic (exact) mass is 533 g/mol. The van der Waals surface area contributed by atoms with Gasteiger partial charge in [0.2, 0.25) is 0 Å². The third-order valence-electron chi connectivity index (χ3n) is 7.83. The van der Waals surface area contributed by atoms with Crippen molar-refractivity contribution in [1.29, 1.82) is 0 Å². The lowest BCUT2D eigenvalue weighted by Gasteiger charge is -2.25. The van der Waals surface area contributed by atoms with E-state index in [-0.39, 0.29) is 23.0 Å². The van der Waals surface area contributed by atoms with E-state index in [0.29, 0.717) is 9.75 Å². The molecule has 3 aliphatic rings. The van der Waals surface area contributed by atoms with Gasteiger partial charge in [-0.1, -0.05) is 19.3 Å². The van der Waals surface area contributed by atoms with Gasteiger partial charge in [0.25, 0.3) is 0 Å². The summed E-state index contributed by atoms with van der Waals surface area (Å²) < 4.78 is 91.0. The van der Waals surface area contributed by atoms with E-state index in [9.17, 15) is 8.78 Å². The van der Waals surface area contributed by atoms with Crippen LogP contribution in [0.3, 0.4) is 0 Å². The average molecular weight is 534 g/mol. The molecule has 35 heavy (non-hydrogen) atoms. The van der Waals surface area contributed by atoms with E-state index in [1.54, 1.807) is 13.8 Å². The summed E-state index contributed by atoms with van der Waals surface area (Å²) in [5.74, 6) is -15.2. The predicted octanol–water partition coefficient (Wildman–Crippen LogP) is 8.77. The number of nitrogens with one attached hydrogen (secondary N) is 1. The zero-order chi connectivity index (χ0) is 25.2. The summed E-state index contributed by atoms with van der Waals surface area (Å²) in [4.78, 5) is 2.39. The molecule has 192 valence electrons. The van der Waals surface area contributed by atoms with Crippen molar-refractivity contribution < 1.29 is 26.3 Å². The summed E-state index contributed by atoms with van der Waals surface area (Å²) in [6.45, 7) is 4.68. The maximum absolute atomic E-state index is 15.3. The summed E-state index contributed by atoms with van der Waals surface area (Å²) in [5, 5.41) is 3.24. The molecule has 1 saturated carbocycles. The van der Waals surface area contributed by atoms with Crippen molar-refractivity contribution in [3.63, 3.8) is 0 Å². The van der Waals surface area contributed by atoms with Gasteiger partial charge in [0.05, 0.1) is 0 Å². The molecular formula is C26H29F6NS2. The Morgan fingerprint density at radius 3 is 1.57 bits per heavy atom. The smallest absolute Gasteiger partial charge is 0.317 e. The van der Waals surface area contributed by atoms with Crippen molar-refractivity contribution in [2.24, 2.45) is 0 Å². The lowest BCUT2D eigenvalue weighted by atomic mass is 9.87. The van der Waals surface area contributed by atoms with E-state index in [4.69, 9.17) is 0 Å². The first-order valence-electron chi connectivity index (χ1n) is 12.3. The highest BCUT2D eigenvalue weighted by molar-refractivity contribution is 7.12. The van der Waals surface area contributed by atoms with Gasteiger partial charge in [-0.25, -0.2) is 0 Å². The van der Waals surface area contributed by atoms with E-state index < -0.39 is 28.9 Å². The highest BCUT2D eigenvalue weighted by Gasteiger charge is 2.80. The Kier molecular flexibility index (Phi) is 6.45. The van der Waals surface area contributed by atoms with Gasteiger partial charge >= 0.3 is 17.8 Å². The van der Waals surface area contributed by atoms with Crippen LogP contribution in [0.4, 0.5) is 26.3 Å². The van der Waals surface area contributed by atoms with Crippen molar-refractivity contribution in [3.05, 3.63) is 42.8 Å². The molecule has 1 nitrogen and oxygen atoms in total. The molecule has 2 aromatic heterocycles. The van der Waals surface area contributed by atoms with Crippen molar-refractivity contribution in [2.45, 2.75) is 88.4 Å². The van der Waals surface area contributed by atoms with Crippen LogP contribution in [0.2, 0.25) is 0 Å². The molecule has 1 N–H and O–H groups in total. The topological polar surface area (TPSA) is 12.0 Å². The summed E-state index contributed by atoms with van der Waals surface area (Å²) in [5.41, 5.74) is -2.70. The SMILES string of the molecule is Cc1sc(C2CCCCC2)cc1C1=C(c2cc(C3CCNCC3)sc2C)C(F)(F)C(F)(F)C1(F)F. The third-order valence-corrected chi connectivity index (χ3v) is 10.3. The van der Waals surface area contributed by atoms with Gasteiger partial charge in [0.1, 0.15) is 0 Å². The van der Waals surface area contributed by atoms with E-state index in [1.165, 1.54) is 34.8 Å². The van der Waals surface area contributed by atoms with Crippen LogP contribution in [-0.2, 0) is 0 Å². The summed E-state index contributed by atoms with van der Waals surface area (Å²) >= 11 is 2.53. The van der Waals surface area contributed by atoms with Crippen molar-refractivity contribution in [2.75, 3.05) is 13.1 Å². The predicted molar refractivity (Wildman–Crippen MR) is 130 cm³/mol. The van der Waals surface area contributed by atoms with Crippen LogP contribution in [0.5, 0.6) is 0 Å². The van der Waals surface area contributed by atoms with Crippen LogP contribution in [0, 0.1) is 13.8 Å². The first-order valence-corrected chi connectivity index (χ1v) is 13.9. The number of allylic oxidation sites excluding steroid dienone is 2. The van der Waals surface area contributed by atoms with Gasteiger partial charge in [0, 0.05) is 30.7 Å². The molecule has 0 atom stereocenters. The second-order valence-electron chi connectivity index (χ2n) is 10.1. The molecule has 1 aliphatic heterocycles. The Balaban J connectivity index is 1.68. The molecular weight excluding hydrogens is 504 g/mol. The molecule has 0 amide bonds. The maximum Gasteiger partial charge on any atom is 0.380 e. The highest BCUT2D eigenvalue weighted by Crippen LogP contribution is 2.66. The summed E-state index contributed by atoms with van der Waals surface area (Å²) in [6, 6.07) is 2.96. The number of hydrogen-bond acceptors (Lipinski definition) is 3. The minimum absolute atomic E-state index is 0.106. The molecule has 0 spiro atoms. The van der Waals surface area contributed by atoms with E-state index in [0.717, 1.165) is 67.8 Å².